The highest BCUT2D eigenvalue weighted by molar-refractivity contribution is 8.00. The third kappa shape index (κ3) is 4.34. The fourth-order valence-electron chi connectivity index (χ4n) is 1.41. The van der Waals surface area contributed by atoms with E-state index in [1.165, 1.54) is 12.8 Å². The summed E-state index contributed by atoms with van der Waals surface area (Å²) in [5.74, 6) is -0.163. The molecule has 1 N–H and O–H groups in total. The number of esters is 1. The number of carbonyl (C=O) groups excluding carboxylic acids is 1. The van der Waals surface area contributed by atoms with Crippen LogP contribution in [0.1, 0.15) is 40.5 Å². The molecule has 0 spiro atoms. The van der Waals surface area contributed by atoms with Gasteiger partial charge in [-0.3, -0.25) is 4.79 Å². The Morgan fingerprint density at radius 2 is 2.06 bits per heavy atom. The first-order valence-electron chi connectivity index (χ1n) is 5.79. The van der Waals surface area contributed by atoms with E-state index in [4.69, 9.17) is 4.74 Å². The van der Waals surface area contributed by atoms with Crippen molar-refractivity contribution in [2.45, 2.75) is 56.9 Å². The van der Waals surface area contributed by atoms with Gasteiger partial charge < -0.3 is 10.1 Å². The Labute approximate surface area is 103 Å². The van der Waals surface area contributed by atoms with Crippen LogP contribution in [0.5, 0.6) is 0 Å². The van der Waals surface area contributed by atoms with Gasteiger partial charge in [-0.05, 0) is 46.8 Å². The van der Waals surface area contributed by atoms with Gasteiger partial charge in [-0.1, -0.05) is 0 Å². The van der Waals surface area contributed by atoms with Gasteiger partial charge in [0.25, 0.3) is 0 Å². The Hall–Kier alpha value is -0.220. The molecule has 94 valence electrons. The number of hydrogen-bond acceptors (Lipinski definition) is 4. The average Bonchev–Trinajstić information content (AvgIpc) is 2.92. The Morgan fingerprint density at radius 1 is 1.50 bits per heavy atom. The Kier molecular flexibility index (Phi) is 4.29. The van der Waals surface area contributed by atoms with Gasteiger partial charge in [0, 0.05) is 11.3 Å². The van der Waals surface area contributed by atoms with Crippen LogP contribution >= 0.6 is 11.8 Å². The average molecular weight is 245 g/mol. The van der Waals surface area contributed by atoms with Crippen LogP contribution in [0, 0.1) is 0 Å². The number of carbonyl (C=O) groups is 1. The predicted octanol–water partition coefficient (Wildman–Crippen LogP) is 2.20. The summed E-state index contributed by atoms with van der Waals surface area (Å²) in [6.45, 7) is 8.44. The topological polar surface area (TPSA) is 38.3 Å². The van der Waals surface area contributed by atoms with Gasteiger partial charge >= 0.3 is 5.97 Å². The van der Waals surface area contributed by atoms with E-state index in [-0.39, 0.29) is 12.0 Å². The third-order valence-electron chi connectivity index (χ3n) is 2.73. The van der Waals surface area contributed by atoms with Gasteiger partial charge in [0.1, 0.15) is 11.6 Å². The molecule has 3 nitrogen and oxygen atoms in total. The van der Waals surface area contributed by atoms with E-state index in [1.807, 2.05) is 39.5 Å². The lowest BCUT2D eigenvalue weighted by Gasteiger charge is -2.23. The van der Waals surface area contributed by atoms with E-state index in [9.17, 15) is 4.79 Å². The van der Waals surface area contributed by atoms with Gasteiger partial charge in [0.05, 0.1) is 0 Å². The maximum absolute atomic E-state index is 11.7. The van der Waals surface area contributed by atoms with Crippen LogP contribution < -0.4 is 5.32 Å². The fourth-order valence-corrected chi connectivity index (χ4v) is 2.14. The molecular weight excluding hydrogens is 222 g/mol. The molecule has 1 aliphatic carbocycles. The van der Waals surface area contributed by atoms with Gasteiger partial charge in [-0.25, -0.2) is 0 Å². The zero-order valence-electron chi connectivity index (χ0n) is 10.9. The maximum atomic E-state index is 11.7. The summed E-state index contributed by atoms with van der Waals surface area (Å²) in [4.78, 5) is 11.7. The minimum Gasteiger partial charge on any atom is -0.459 e. The Morgan fingerprint density at radius 3 is 2.44 bits per heavy atom. The van der Waals surface area contributed by atoms with E-state index in [0.29, 0.717) is 4.75 Å². The Bertz CT molecular complexity index is 256. The van der Waals surface area contributed by atoms with Crippen molar-refractivity contribution in [3.8, 4) is 0 Å². The van der Waals surface area contributed by atoms with Crippen molar-refractivity contribution in [3.63, 3.8) is 0 Å². The number of hydrogen-bond donors (Lipinski definition) is 1. The van der Waals surface area contributed by atoms with Gasteiger partial charge in [0.2, 0.25) is 0 Å². The SMILES string of the molecule is CSC1(CNC(C)C(=O)OC(C)(C)C)CC1. The summed E-state index contributed by atoms with van der Waals surface area (Å²) in [5.41, 5.74) is -0.399. The highest BCUT2D eigenvalue weighted by Crippen LogP contribution is 2.46. The minimum absolute atomic E-state index is 0.163. The molecule has 0 aromatic heterocycles. The molecule has 4 heteroatoms. The lowest BCUT2D eigenvalue weighted by molar-refractivity contribution is -0.156. The first kappa shape index (κ1) is 13.8. The second kappa shape index (κ2) is 4.96. The van der Waals surface area contributed by atoms with Crippen molar-refractivity contribution in [1.29, 1.82) is 0 Å². The lowest BCUT2D eigenvalue weighted by atomic mass is 10.2. The van der Waals surface area contributed by atoms with E-state index in [2.05, 4.69) is 11.6 Å². The molecule has 1 atom stereocenters. The zero-order chi connectivity index (χ0) is 12.4. The first-order chi connectivity index (χ1) is 7.28. The predicted molar refractivity (Wildman–Crippen MR) is 68.8 cm³/mol. The molecule has 1 aliphatic rings. The molecule has 16 heavy (non-hydrogen) atoms. The van der Waals surface area contributed by atoms with Crippen molar-refractivity contribution in [3.05, 3.63) is 0 Å². The molecule has 0 aliphatic heterocycles. The molecule has 0 bridgehead atoms. The molecule has 0 radical (unpaired) electrons. The van der Waals surface area contributed by atoms with Crippen LogP contribution in [-0.4, -0.2) is 35.2 Å². The van der Waals surface area contributed by atoms with Crippen molar-refractivity contribution in [2.75, 3.05) is 12.8 Å². The largest absolute Gasteiger partial charge is 0.459 e. The second-order valence-corrected chi connectivity index (χ2v) is 6.80. The molecule has 0 saturated heterocycles. The van der Waals surface area contributed by atoms with E-state index >= 15 is 0 Å². The summed E-state index contributed by atoms with van der Waals surface area (Å²) in [5, 5.41) is 3.26. The second-order valence-electron chi connectivity index (χ2n) is 5.52. The van der Waals surface area contributed by atoms with Crippen LogP contribution in [0.3, 0.4) is 0 Å². The highest BCUT2D eigenvalue weighted by atomic mass is 32.2. The lowest BCUT2D eigenvalue weighted by Crippen LogP contribution is -2.42. The van der Waals surface area contributed by atoms with E-state index < -0.39 is 5.60 Å². The van der Waals surface area contributed by atoms with E-state index in [1.54, 1.807) is 0 Å². The molecule has 1 rings (SSSR count). The molecule has 1 unspecified atom stereocenters. The van der Waals surface area contributed by atoms with Crippen molar-refractivity contribution < 1.29 is 9.53 Å². The maximum Gasteiger partial charge on any atom is 0.323 e. The van der Waals surface area contributed by atoms with Crippen LogP contribution in [-0.2, 0) is 9.53 Å². The number of thioether (sulfide) groups is 1. The fraction of sp³-hybridized carbons (Fsp3) is 0.917. The summed E-state index contributed by atoms with van der Waals surface area (Å²) < 4.78 is 5.70. The van der Waals surface area contributed by atoms with Crippen molar-refractivity contribution >= 4 is 17.7 Å². The monoisotopic (exact) mass is 245 g/mol. The minimum atomic E-state index is -0.399. The van der Waals surface area contributed by atoms with Crippen LogP contribution in [0.25, 0.3) is 0 Å². The van der Waals surface area contributed by atoms with Crippen LogP contribution in [0.2, 0.25) is 0 Å². The highest BCUT2D eigenvalue weighted by Gasteiger charge is 2.42. The summed E-state index contributed by atoms with van der Waals surface area (Å²) in [6, 6.07) is -0.219. The molecule has 1 saturated carbocycles. The summed E-state index contributed by atoms with van der Waals surface area (Å²) in [7, 11) is 0. The summed E-state index contributed by atoms with van der Waals surface area (Å²) in [6.07, 6.45) is 4.64. The normalized spacial score (nSPS) is 20.3. The van der Waals surface area contributed by atoms with Gasteiger partial charge in [-0.15, -0.1) is 0 Å². The standard InChI is InChI=1S/C12H23NO2S/c1-9(10(14)15-11(2,3)4)13-8-12(16-5)6-7-12/h9,13H,6-8H2,1-5H3. The number of ether oxygens (including phenoxy) is 1. The van der Waals surface area contributed by atoms with Gasteiger partial charge in [0.15, 0.2) is 0 Å². The zero-order valence-corrected chi connectivity index (χ0v) is 11.7. The number of rotatable bonds is 5. The molecule has 0 heterocycles. The van der Waals surface area contributed by atoms with Crippen molar-refractivity contribution in [1.82, 2.24) is 5.32 Å². The molecule has 0 aromatic rings. The quantitative estimate of drug-likeness (QED) is 0.754. The molecule has 1 fully saturated rings. The van der Waals surface area contributed by atoms with Crippen molar-refractivity contribution in [2.24, 2.45) is 0 Å². The molecule has 0 aromatic carbocycles. The molecular formula is C12H23NO2S. The first-order valence-corrected chi connectivity index (χ1v) is 7.02. The van der Waals surface area contributed by atoms with Gasteiger partial charge in [-0.2, -0.15) is 11.8 Å². The Balaban J connectivity index is 2.29. The molecule has 0 amide bonds. The third-order valence-corrected chi connectivity index (χ3v) is 4.15. The van der Waals surface area contributed by atoms with Crippen LogP contribution in [0.4, 0.5) is 0 Å². The van der Waals surface area contributed by atoms with E-state index in [0.717, 1.165) is 6.54 Å². The number of nitrogens with one attached hydrogen (secondary N) is 1. The smallest absolute Gasteiger partial charge is 0.323 e. The summed E-state index contributed by atoms with van der Waals surface area (Å²) >= 11 is 1.89. The van der Waals surface area contributed by atoms with Crippen LogP contribution in [0.15, 0.2) is 0 Å².